The van der Waals surface area contributed by atoms with Gasteiger partial charge in [0.2, 0.25) is 5.91 Å². The zero-order chi connectivity index (χ0) is 23.1. The van der Waals surface area contributed by atoms with Crippen molar-refractivity contribution in [3.05, 3.63) is 83.9 Å². The Labute approximate surface area is 192 Å². The van der Waals surface area contributed by atoms with Crippen LogP contribution in [0.1, 0.15) is 17.2 Å². The zero-order valence-corrected chi connectivity index (χ0v) is 18.6. The lowest BCUT2D eigenvalue weighted by atomic mass is 9.89. The van der Waals surface area contributed by atoms with Crippen molar-refractivity contribution in [1.82, 2.24) is 0 Å². The van der Waals surface area contributed by atoms with Crippen molar-refractivity contribution in [3.8, 4) is 11.5 Å². The number of para-hydroxylation sites is 1. The second-order valence-corrected chi connectivity index (χ2v) is 8.11. The highest BCUT2D eigenvalue weighted by molar-refractivity contribution is 6.24. The number of fused-ring (bicyclic) bond motifs is 1. The number of methoxy groups -OCH3 is 2. The average Bonchev–Trinajstić information content (AvgIpc) is 3.36. The minimum atomic E-state index is -0.945. The van der Waals surface area contributed by atoms with E-state index in [2.05, 4.69) is 0 Å². The van der Waals surface area contributed by atoms with Gasteiger partial charge in [-0.3, -0.25) is 14.4 Å². The number of rotatable bonds is 5. The van der Waals surface area contributed by atoms with Crippen LogP contribution in [0.3, 0.4) is 0 Å². The van der Waals surface area contributed by atoms with E-state index in [0.29, 0.717) is 22.7 Å². The van der Waals surface area contributed by atoms with E-state index in [1.54, 1.807) is 43.5 Å². The molecule has 33 heavy (non-hydrogen) atoms. The largest absolute Gasteiger partial charge is 0.497 e. The number of anilines is 2. The highest BCUT2D eigenvalue weighted by Gasteiger charge is 2.60. The third-order valence-corrected chi connectivity index (χ3v) is 6.17. The van der Waals surface area contributed by atoms with Crippen LogP contribution in [0.15, 0.2) is 72.8 Å². The molecule has 0 bridgehead atoms. The fourth-order valence-electron chi connectivity index (χ4n) is 4.55. The minimum absolute atomic E-state index is 0.304. The van der Waals surface area contributed by atoms with E-state index in [0.717, 1.165) is 11.3 Å². The van der Waals surface area contributed by atoms with Crippen molar-refractivity contribution in [2.24, 2.45) is 5.92 Å². The maximum atomic E-state index is 13.7. The molecule has 0 aromatic heterocycles. The lowest BCUT2D eigenvalue weighted by Gasteiger charge is -2.29. The molecule has 3 aromatic rings. The Balaban J connectivity index is 1.63. The molecule has 5 rings (SSSR count). The maximum absolute atomic E-state index is 13.7. The van der Waals surface area contributed by atoms with Gasteiger partial charge in [-0.1, -0.05) is 35.9 Å². The van der Waals surface area contributed by atoms with Crippen LogP contribution in [0, 0.1) is 12.8 Å². The maximum Gasteiger partial charge on any atom is 0.266 e. The van der Waals surface area contributed by atoms with Gasteiger partial charge < -0.3 is 9.47 Å². The Bertz CT molecular complexity index is 1200. The van der Waals surface area contributed by atoms with E-state index in [9.17, 15) is 9.59 Å². The molecule has 2 heterocycles. The third-order valence-electron chi connectivity index (χ3n) is 6.17. The number of nitrogens with zero attached hydrogens (tertiary/aromatic N) is 2. The first-order valence-corrected chi connectivity index (χ1v) is 10.7. The summed E-state index contributed by atoms with van der Waals surface area (Å²) in [6.07, 6.45) is -0.945. The highest BCUT2D eigenvalue weighted by Crippen LogP contribution is 2.50. The summed E-state index contributed by atoms with van der Waals surface area (Å²) in [5.74, 6) is -0.226. The molecule has 0 radical (unpaired) electrons. The normalized spacial score (nSPS) is 22.0. The topological polar surface area (TPSA) is 68.3 Å². The van der Waals surface area contributed by atoms with Crippen LogP contribution in [0.2, 0.25) is 0 Å². The van der Waals surface area contributed by atoms with E-state index in [-0.39, 0.29) is 11.8 Å². The van der Waals surface area contributed by atoms with Gasteiger partial charge >= 0.3 is 0 Å². The van der Waals surface area contributed by atoms with Gasteiger partial charge in [-0.05, 0) is 49.4 Å². The molecule has 0 saturated carbocycles. The molecule has 7 heteroatoms. The molecule has 2 aliphatic heterocycles. The molecule has 3 atom stereocenters. The number of hydrogen-bond donors (Lipinski definition) is 0. The van der Waals surface area contributed by atoms with Crippen molar-refractivity contribution in [3.63, 3.8) is 0 Å². The molecule has 0 unspecified atom stereocenters. The Kier molecular flexibility index (Phi) is 5.26. The van der Waals surface area contributed by atoms with Gasteiger partial charge in [-0.2, -0.15) is 0 Å². The van der Waals surface area contributed by atoms with Gasteiger partial charge in [0.05, 0.1) is 25.6 Å². The zero-order valence-electron chi connectivity index (χ0n) is 18.6. The van der Waals surface area contributed by atoms with Crippen LogP contribution in [-0.4, -0.2) is 32.1 Å². The number of aryl methyl sites for hydroxylation is 1. The molecule has 2 aliphatic rings. The number of carbonyl (C=O) groups is 2. The van der Waals surface area contributed by atoms with Gasteiger partial charge in [0.1, 0.15) is 23.5 Å². The van der Waals surface area contributed by atoms with Gasteiger partial charge in [0.25, 0.3) is 5.91 Å². The summed E-state index contributed by atoms with van der Waals surface area (Å²) in [6, 6.07) is 21.6. The summed E-state index contributed by atoms with van der Waals surface area (Å²) in [5, 5.41) is 1.65. The van der Waals surface area contributed by atoms with Crippen LogP contribution in [0.5, 0.6) is 11.5 Å². The molecule has 0 spiro atoms. The average molecular weight is 444 g/mol. The fraction of sp³-hybridized carbons (Fsp3) is 0.231. The molecule has 0 N–H and O–H groups in total. The summed E-state index contributed by atoms with van der Waals surface area (Å²) < 4.78 is 11.1. The minimum Gasteiger partial charge on any atom is -0.497 e. The monoisotopic (exact) mass is 444 g/mol. The molecule has 2 saturated heterocycles. The number of hydroxylamine groups is 1. The van der Waals surface area contributed by atoms with Crippen molar-refractivity contribution < 1.29 is 23.9 Å². The van der Waals surface area contributed by atoms with Crippen LogP contribution in [0.4, 0.5) is 11.4 Å². The predicted octanol–water partition coefficient (Wildman–Crippen LogP) is 4.06. The highest BCUT2D eigenvalue weighted by atomic mass is 16.7. The second-order valence-electron chi connectivity index (χ2n) is 8.11. The third kappa shape index (κ3) is 3.41. The summed E-state index contributed by atoms with van der Waals surface area (Å²) >= 11 is 0. The number of amides is 2. The number of hydrogen-bond acceptors (Lipinski definition) is 6. The lowest BCUT2D eigenvalue weighted by Crippen LogP contribution is -2.37. The van der Waals surface area contributed by atoms with Crippen LogP contribution >= 0.6 is 0 Å². The number of carbonyl (C=O) groups excluding carboxylic acids is 2. The van der Waals surface area contributed by atoms with E-state index in [4.69, 9.17) is 14.3 Å². The first-order chi connectivity index (χ1) is 16.0. The second kappa shape index (κ2) is 8.26. The summed E-state index contributed by atoms with van der Waals surface area (Å²) in [7, 11) is 3.16. The summed E-state index contributed by atoms with van der Waals surface area (Å²) in [5.41, 5.74) is 3.03. The summed E-state index contributed by atoms with van der Waals surface area (Å²) in [4.78, 5) is 34.6. The Morgan fingerprint density at radius 2 is 1.55 bits per heavy atom. The van der Waals surface area contributed by atoms with E-state index >= 15 is 0 Å². The van der Waals surface area contributed by atoms with Gasteiger partial charge in [0, 0.05) is 5.56 Å². The van der Waals surface area contributed by atoms with Crippen molar-refractivity contribution in [2.45, 2.75) is 19.1 Å². The first-order valence-electron chi connectivity index (χ1n) is 10.7. The lowest BCUT2D eigenvalue weighted by molar-refractivity contribution is -0.126. The van der Waals surface area contributed by atoms with Crippen LogP contribution < -0.4 is 19.4 Å². The molecule has 168 valence electrons. The molecular formula is C26H24N2O5. The van der Waals surface area contributed by atoms with Crippen molar-refractivity contribution in [2.75, 3.05) is 24.2 Å². The van der Waals surface area contributed by atoms with Crippen LogP contribution in [-0.2, 0) is 14.4 Å². The predicted molar refractivity (Wildman–Crippen MR) is 123 cm³/mol. The molecule has 7 nitrogen and oxygen atoms in total. The van der Waals surface area contributed by atoms with Gasteiger partial charge in [-0.25, -0.2) is 9.96 Å². The first kappa shape index (κ1) is 21.0. The standard InChI is InChI=1S/C26H24N2O5/c1-16-9-11-17(12-10-16)27-25(29)22-23(20-15-19(31-2)13-14-21(20)32-3)28(33-24(22)26(27)30)18-7-5-4-6-8-18/h4-15,22-24H,1-3H3/t22-,23+,24-/m1/s1. The molecule has 2 amide bonds. The van der Waals surface area contributed by atoms with Gasteiger partial charge in [0.15, 0.2) is 6.10 Å². The Morgan fingerprint density at radius 1 is 0.818 bits per heavy atom. The molecular weight excluding hydrogens is 420 g/mol. The number of benzene rings is 3. The smallest absolute Gasteiger partial charge is 0.266 e. The Morgan fingerprint density at radius 3 is 2.21 bits per heavy atom. The van der Waals surface area contributed by atoms with E-state index < -0.39 is 18.1 Å². The molecule has 2 fully saturated rings. The van der Waals surface area contributed by atoms with Crippen molar-refractivity contribution >= 4 is 23.2 Å². The molecule has 0 aliphatic carbocycles. The Hall–Kier alpha value is -3.84. The quantitative estimate of drug-likeness (QED) is 0.553. The van der Waals surface area contributed by atoms with Gasteiger partial charge in [-0.15, -0.1) is 0 Å². The number of ether oxygens (including phenoxy) is 2. The van der Waals surface area contributed by atoms with Crippen LogP contribution in [0.25, 0.3) is 0 Å². The SMILES string of the molecule is COc1ccc(OC)c([C@H]2[C@H]3C(=O)N(c4ccc(C)cc4)C(=O)[C@@H]3ON2c2ccccc2)c1. The van der Waals surface area contributed by atoms with E-state index in [1.807, 2.05) is 55.5 Å². The number of imide groups is 1. The fourth-order valence-corrected chi connectivity index (χ4v) is 4.55. The van der Waals surface area contributed by atoms with E-state index in [1.165, 1.54) is 4.90 Å². The molecule has 3 aromatic carbocycles. The summed E-state index contributed by atoms with van der Waals surface area (Å²) in [6.45, 7) is 1.96. The van der Waals surface area contributed by atoms with Crippen molar-refractivity contribution in [1.29, 1.82) is 0 Å².